The van der Waals surface area contributed by atoms with Gasteiger partial charge in [-0.3, -0.25) is 14.6 Å². The number of rotatable bonds is 4. The van der Waals surface area contributed by atoms with Crippen molar-refractivity contribution in [1.29, 1.82) is 0 Å². The van der Waals surface area contributed by atoms with Crippen molar-refractivity contribution in [3.63, 3.8) is 0 Å². The number of carbonyl (C=O) groups excluding carboxylic acids is 1. The molecule has 33 heavy (non-hydrogen) atoms. The lowest BCUT2D eigenvalue weighted by atomic mass is 9.87. The number of benzene rings is 2. The Labute approximate surface area is 199 Å². The predicted octanol–water partition coefficient (Wildman–Crippen LogP) is 3.53. The van der Waals surface area contributed by atoms with Gasteiger partial charge in [0.25, 0.3) is 5.91 Å². The van der Waals surface area contributed by atoms with Crippen LogP contribution >= 0.6 is 0 Å². The zero-order valence-corrected chi connectivity index (χ0v) is 20.2. The fourth-order valence-electron chi connectivity index (χ4n) is 6.02. The van der Waals surface area contributed by atoms with Crippen LogP contribution in [0.4, 0.5) is 5.69 Å². The number of aryl methyl sites for hydroxylation is 1. The highest BCUT2D eigenvalue weighted by Crippen LogP contribution is 2.27. The lowest BCUT2D eigenvalue weighted by Gasteiger charge is -2.45. The van der Waals surface area contributed by atoms with E-state index in [9.17, 15) is 4.79 Å². The molecule has 0 saturated carbocycles. The monoisotopic (exact) mass is 446 g/mol. The van der Waals surface area contributed by atoms with Gasteiger partial charge in [0.1, 0.15) is 0 Å². The van der Waals surface area contributed by atoms with Crippen molar-refractivity contribution in [2.45, 2.75) is 44.2 Å². The van der Waals surface area contributed by atoms with Crippen LogP contribution < -0.4 is 4.90 Å². The van der Waals surface area contributed by atoms with Crippen LogP contribution in [0.2, 0.25) is 0 Å². The van der Waals surface area contributed by atoms with E-state index in [1.54, 1.807) is 30.1 Å². The Bertz CT molecular complexity index is 941. The molecule has 2 heterocycles. The minimum absolute atomic E-state index is 0.0665. The average Bonchev–Trinajstić information content (AvgIpc) is 2.88. The zero-order valence-electron chi connectivity index (χ0n) is 20.2. The topological polar surface area (TPSA) is 30.0 Å². The van der Waals surface area contributed by atoms with E-state index in [0.29, 0.717) is 6.04 Å². The molecule has 0 radical (unpaired) electrons. The number of hydrogen-bond acceptors (Lipinski definition) is 4. The largest absolute Gasteiger partial charge is 0.371 e. The first kappa shape index (κ1) is 22.4. The Morgan fingerprint density at radius 1 is 0.758 bits per heavy atom. The minimum Gasteiger partial charge on any atom is -0.371 e. The van der Waals surface area contributed by atoms with E-state index < -0.39 is 0 Å². The summed E-state index contributed by atoms with van der Waals surface area (Å²) < 4.78 is 0. The van der Waals surface area contributed by atoms with E-state index in [4.69, 9.17) is 0 Å². The Balaban J connectivity index is 1.09. The molecule has 1 atom stereocenters. The number of anilines is 1. The van der Waals surface area contributed by atoms with Gasteiger partial charge < -0.3 is 9.80 Å². The number of piperidine rings is 1. The van der Waals surface area contributed by atoms with Gasteiger partial charge in [-0.25, -0.2) is 0 Å². The van der Waals surface area contributed by atoms with Crippen molar-refractivity contribution in [2.24, 2.45) is 0 Å². The van der Waals surface area contributed by atoms with Crippen LogP contribution in [0, 0.1) is 0 Å². The third-order valence-electron chi connectivity index (χ3n) is 8.05. The minimum atomic E-state index is 0.0665. The van der Waals surface area contributed by atoms with Crippen LogP contribution in [0.5, 0.6) is 0 Å². The van der Waals surface area contributed by atoms with Gasteiger partial charge in [0, 0.05) is 76.7 Å². The zero-order chi connectivity index (χ0) is 22.8. The molecule has 2 aromatic carbocycles. The van der Waals surface area contributed by atoms with E-state index in [-0.39, 0.29) is 5.91 Å². The van der Waals surface area contributed by atoms with Crippen molar-refractivity contribution in [2.75, 3.05) is 58.3 Å². The number of nitrogens with zero attached hydrogens (tertiary/aromatic N) is 4. The molecule has 0 N–H and O–H groups in total. The summed E-state index contributed by atoms with van der Waals surface area (Å²) in [6.07, 6.45) is 6.25. The molecule has 5 rings (SSSR count). The summed E-state index contributed by atoms with van der Waals surface area (Å²) in [5.41, 5.74) is 5.14. The number of fused-ring (bicyclic) bond motifs is 1. The Morgan fingerprint density at radius 3 is 2.00 bits per heavy atom. The molecule has 3 aliphatic rings. The van der Waals surface area contributed by atoms with E-state index in [1.165, 1.54) is 64.0 Å². The lowest BCUT2D eigenvalue weighted by molar-refractivity contribution is 0.0568. The number of piperazine rings is 1. The highest BCUT2D eigenvalue weighted by molar-refractivity contribution is 5.94. The first-order chi connectivity index (χ1) is 16.1. The normalized spacial score (nSPS) is 22.7. The third kappa shape index (κ3) is 4.95. The van der Waals surface area contributed by atoms with Crippen molar-refractivity contribution >= 4 is 11.6 Å². The summed E-state index contributed by atoms with van der Waals surface area (Å²) >= 11 is 0. The maximum atomic E-state index is 12.1. The predicted molar refractivity (Wildman–Crippen MR) is 135 cm³/mol. The standard InChI is InChI=1S/C28H38N4O/c1-29(2)28(33)23-8-10-25(11-9-23)30-15-13-26(14-16-30)31-17-19-32(20-18-31)27-12-7-22-5-3-4-6-24(22)21-27/h3-6,8-11,26-27H,7,12-21H2,1-2H3. The molecule has 5 nitrogen and oxygen atoms in total. The van der Waals surface area contributed by atoms with Gasteiger partial charge in [0.15, 0.2) is 0 Å². The van der Waals surface area contributed by atoms with Gasteiger partial charge in [0.2, 0.25) is 0 Å². The highest BCUT2D eigenvalue weighted by Gasteiger charge is 2.31. The van der Waals surface area contributed by atoms with E-state index >= 15 is 0 Å². The second-order valence-electron chi connectivity index (χ2n) is 10.2. The molecule has 2 saturated heterocycles. The van der Waals surface area contributed by atoms with Crippen LogP contribution in [0.25, 0.3) is 0 Å². The molecule has 0 spiro atoms. The lowest BCUT2D eigenvalue weighted by Crippen LogP contribution is -2.56. The molecule has 5 heteroatoms. The molecule has 2 aliphatic heterocycles. The van der Waals surface area contributed by atoms with Crippen molar-refractivity contribution in [3.8, 4) is 0 Å². The van der Waals surface area contributed by atoms with Gasteiger partial charge in [0.05, 0.1) is 0 Å². The molecule has 1 amide bonds. The maximum Gasteiger partial charge on any atom is 0.253 e. The van der Waals surface area contributed by atoms with Crippen LogP contribution in [0.1, 0.15) is 40.7 Å². The molecular weight excluding hydrogens is 408 g/mol. The summed E-state index contributed by atoms with van der Waals surface area (Å²) in [6, 6.07) is 18.6. The summed E-state index contributed by atoms with van der Waals surface area (Å²) in [4.78, 5) is 21.8. The van der Waals surface area contributed by atoms with Crippen molar-refractivity contribution < 1.29 is 4.79 Å². The third-order valence-corrected chi connectivity index (χ3v) is 8.05. The molecule has 176 valence electrons. The van der Waals surface area contributed by atoms with Gasteiger partial charge in [-0.1, -0.05) is 24.3 Å². The SMILES string of the molecule is CN(C)C(=O)c1ccc(N2CCC(N3CCN(C4CCc5ccccc5C4)CC3)CC2)cc1. The van der Waals surface area contributed by atoms with Gasteiger partial charge >= 0.3 is 0 Å². The molecule has 2 fully saturated rings. The molecule has 1 unspecified atom stereocenters. The highest BCUT2D eigenvalue weighted by atomic mass is 16.2. The molecule has 2 aromatic rings. The summed E-state index contributed by atoms with van der Waals surface area (Å²) in [5, 5.41) is 0. The van der Waals surface area contributed by atoms with Crippen LogP contribution in [0.3, 0.4) is 0 Å². The summed E-state index contributed by atoms with van der Waals surface area (Å²) in [5.74, 6) is 0.0665. The first-order valence-corrected chi connectivity index (χ1v) is 12.7. The smallest absolute Gasteiger partial charge is 0.253 e. The Hall–Kier alpha value is -2.37. The molecule has 1 aliphatic carbocycles. The number of hydrogen-bond donors (Lipinski definition) is 0. The number of amides is 1. The fraction of sp³-hybridized carbons (Fsp3) is 0.536. The molecule has 0 aromatic heterocycles. The second kappa shape index (κ2) is 9.86. The Kier molecular flexibility index (Phi) is 6.70. The maximum absolute atomic E-state index is 12.1. The first-order valence-electron chi connectivity index (χ1n) is 12.7. The number of carbonyl (C=O) groups is 1. The Morgan fingerprint density at radius 2 is 1.36 bits per heavy atom. The quantitative estimate of drug-likeness (QED) is 0.719. The van der Waals surface area contributed by atoms with Gasteiger partial charge in [-0.2, -0.15) is 0 Å². The van der Waals surface area contributed by atoms with E-state index in [0.717, 1.165) is 24.7 Å². The van der Waals surface area contributed by atoms with Gasteiger partial charge in [-0.05, 0) is 67.5 Å². The van der Waals surface area contributed by atoms with E-state index in [1.807, 2.05) is 12.1 Å². The molecular formula is C28H38N4O. The summed E-state index contributed by atoms with van der Waals surface area (Å²) in [7, 11) is 3.60. The van der Waals surface area contributed by atoms with Crippen LogP contribution in [0.15, 0.2) is 48.5 Å². The van der Waals surface area contributed by atoms with Gasteiger partial charge in [-0.15, -0.1) is 0 Å². The molecule has 0 bridgehead atoms. The second-order valence-corrected chi connectivity index (χ2v) is 10.2. The fourth-order valence-corrected chi connectivity index (χ4v) is 6.02. The van der Waals surface area contributed by atoms with Crippen LogP contribution in [-0.4, -0.2) is 86.1 Å². The van der Waals surface area contributed by atoms with E-state index in [2.05, 4.69) is 51.1 Å². The average molecular weight is 447 g/mol. The summed E-state index contributed by atoms with van der Waals surface area (Å²) in [6.45, 7) is 7.06. The van der Waals surface area contributed by atoms with Crippen molar-refractivity contribution in [3.05, 3.63) is 65.2 Å². The van der Waals surface area contributed by atoms with Crippen molar-refractivity contribution in [1.82, 2.24) is 14.7 Å². The van der Waals surface area contributed by atoms with Crippen LogP contribution in [-0.2, 0) is 12.8 Å².